The normalized spacial score (nSPS) is 17.4. The van der Waals surface area contributed by atoms with E-state index in [1.165, 1.54) is 11.8 Å². The highest BCUT2D eigenvalue weighted by atomic mass is 32.2. The minimum absolute atomic E-state index is 0.125. The molecule has 2 N–H and O–H groups in total. The van der Waals surface area contributed by atoms with Gasteiger partial charge in [0.05, 0.1) is 10.9 Å². The number of rotatable bonds is 5. The van der Waals surface area contributed by atoms with Crippen LogP contribution >= 0.6 is 11.8 Å². The van der Waals surface area contributed by atoms with E-state index < -0.39 is 5.25 Å². The summed E-state index contributed by atoms with van der Waals surface area (Å²) >= 11 is 1.43. The van der Waals surface area contributed by atoms with Gasteiger partial charge in [-0.15, -0.1) is 11.8 Å². The topological polar surface area (TPSA) is 76.7 Å². The average molecular weight is 370 g/mol. The molecule has 0 fully saturated rings. The molecule has 0 aliphatic carbocycles. The summed E-state index contributed by atoms with van der Waals surface area (Å²) in [5, 5.41) is 5.33. The summed E-state index contributed by atoms with van der Waals surface area (Å²) in [7, 11) is 0. The Morgan fingerprint density at radius 2 is 2.04 bits per heavy atom. The van der Waals surface area contributed by atoms with Crippen LogP contribution in [0.4, 0.5) is 5.69 Å². The van der Waals surface area contributed by atoms with Gasteiger partial charge >= 0.3 is 0 Å². The van der Waals surface area contributed by atoms with Crippen molar-refractivity contribution in [2.45, 2.75) is 23.0 Å². The Morgan fingerprint density at radius 3 is 2.96 bits per heavy atom. The first-order valence-corrected chi connectivity index (χ1v) is 9.29. The number of ether oxygens (including phenoxy) is 2. The van der Waals surface area contributed by atoms with Crippen molar-refractivity contribution in [3.63, 3.8) is 0 Å². The molecule has 134 valence electrons. The van der Waals surface area contributed by atoms with Gasteiger partial charge in [-0.1, -0.05) is 18.2 Å². The average Bonchev–Trinajstić information content (AvgIpc) is 3.10. The summed E-state index contributed by atoms with van der Waals surface area (Å²) in [5.41, 5.74) is 1.87. The van der Waals surface area contributed by atoms with Gasteiger partial charge < -0.3 is 20.1 Å². The van der Waals surface area contributed by atoms with Gasteiger partial charge in [-0.2, -0.15) is 0 Å². The van der Waals surface area contributed by atoms with Crippen LogP contribution in [0.15, 0.2) is 47.4 Å². The van der Waals surface area contributed by atoms with Crippen molar-refractivity contribution in [1.82, 2.24) is 5.32 Å². The number of para-hydroxylation sites is 1. The maximum Gasteiger partial charge on any atom is 0.238 e. The van der Waals surface area contributed by atoms with Gasteiger partial charge in [-0.3, -0.25) is 9.59 Å². The maximum atomic E-state index is 12.2. The molecule has 0 bridgehead atoms. The molecule has 2 heterocycles. The fourth-order valence-electron chi connectivity index (χ4n) is 2.91. The molecule has 2 amide bonds. The van der Waals surface area contributed by atoms with E-state index in [0.717, 1.165) is 27.6 Å². The Morgan fingerprint density at radius 1 is 1.19 bits per heavy atom. The molecule has 2 aromatic rings. The van der Waals surface area contributed by atoms with E-state index in [-0.39, 0.29) is 25.0 Å². The van der Waals surface area contributed by atoms with Crippen molar-refractivity contribution in [3.05, 3.63) is 48.0 Å². The first-order valence-electron chi connectivity index (χ1n) is 8.41. The molecule has 6 nitrogen and oxygen atoms in total. The lowest BCUT2D eigenvalue weighted by atomic mass is 10.1. The van der Waals surface area contributed by atoms with Gasteiger partial charge in [0.1, 0.15) is 0 Å². The fraction of sp³-hybridized carbons (Fsp3) is 0.263. The van der Waals surface area contributed by atoms with Crippen LogP contribution in [-0.2, 0) is 16.0 Å². The molecule has 0 spiro atoms. The molecule has 4 rings (SSSR count). The molecule has 1 atom stereocenters. The molecule has 0 saturated carbocycles. The molecular formula is C19H18N2O4S. The second-order valence-corrected chi connectivity index (χ2v) is 7.33. The van der Waals surface area contributed by atoms with Gasteiger partial charge in [-0.05, 0) is 36.2 Å². The van der Waals surface area contributed by atoms with Crippen molar-refractivity contribution in [2.75, 3.05) is 18.7 Å². The molecule has 0 radical (unpaired) electrons. The zero-order chi connectivity index (χ0) is 17.9. The summed E-state index contributed by atoms with van der Waals surface area (Å²) in [6.45, 7) is 0.758. The van der Waals surface area contributed by atoms with E-state index in [2.05, 4.69) is 10.6 Å². The minimum Gasteiger partial charge on any atom is -0.454 e. The number of benzene rings is 2. The van der Waals surface area contributed by atoms with Crippen LogP contribution in [0.2, 0.25) is 0 Å². The fourth-order valence-corrected chi connectivity index (χ4v) is 4.02. The van der Waals surface area contributed by atoms with E-state index in [0.29, 0.717) is 13.0 Å². The predicted octanol–water partition coefficient (Wildman–Crippen LogP) is 2.58. The first-order chi connectivity index (χ1) is 12.7. The molecule has 0 unspecified atom stereocenters. The monoisotopic (exact) mass is 370 g/mol. The predicted molar refractivity (Wildman–Crippen MR) is 98.6 cm³/mol. The summed E-state index contributed by atoms with van der Waals surface area (Å²) in [6, 6.07) is 13.4. The lowest BCUT2D eigenvalue weighted by Crippen LogP contribution is -2.35. The Kier molecular flexibility index (Phi) is 4.71. The zero-order valence-corrected chi connectivity index (χ0v) is 14.8. The van der Waals surface area contributed by atoms with Crippen LogP contribution < -0.4 is 20.1 Å². The van der Waals surface area contributed by atoms with E-state index in [1.54, 1.807) is 0 Å². The molecule has 26 heavy (non-hydrogen) atoms. The number of anilines is 1. The Bertz CT molecular complexity index is 855. The van der Waals surface area contributed by atoms with Crippen LogP contribution in [0.5, 0.6) is 11.5 Å². The third kappa shape index (κ3) is 3.62. The number of carbonyl (C=O) groups is 2. The Hall–Kier alpha value is -2.67. The van der Waals surface area contributed by atoms with E-state index in [1.807, 2.05) is 42.5 Å². The molecule has 2 aliphatic heterocycles. The van der Waals surface area contributed by atoms with Gasteiger partial charge in [-0.25, -0.2) is 0 Å². The van der Waals surface area contributed by atoms with Crippen molar-refractivity contribution in [2.24, 2.45) is 0 Å². The van der Waals surface area contributed by atoms with Crippen LogP contribution in [0, 0.1) is 0 Å². The highest BCUT2D eigenvalue weighted by Crippen LogP contribution is 2.36. The lowest BCUT2D eigenvalue weighted by Gasteiger charge is -2.23. The molecule has 0 aromatic heterocycles. The summed E-state index contributed by atoms with van der Waals surface area (Å²) in [4.78, 5) is 25.3. The van der Waals surface area contributed by atoms with Gasteiger partial charge in [0.2, 0.25) is 18.6 Å². The quantitative estimate of drug-likeness (QED) is 0.846. The number of amides is 2. The molecule has 2 aromatic carbocycles. The lowest BCUT2D eigenvalue weighted by molar-refractivity contribution is -0.124. The third-order valence-corrected chi connectivity index (χ3v) is 5.53. The van der Waals surface area contributed by atoms with Crippen molar-refractivity contribution < 1.29 is 19.1 Å². The molecular weight excluding hydrogens is 352 g/mol. The van der Waals surface area contributed by atoms with Gasteiger partial charge in [0.15, 0.2) is 11.5 Å². The maximum absolute atomic E-state index is 12.2. The smallest absolute Gasteiger partial charge is 0.238 e. The number of fused-ring (bicyclic) bond motifs is 2. The standard InChI is InChI=1S/C19H18N2O4S/c22-18(10-17-19(23)21-13-3-1-2-4-16(13)26-17)20-8-7-12-5-6-14-15(9-12)25-11-24-14/h1-6,9,17H,7-8,10-11H2,(H,20,22)(H,21,23)/t17-/m0/s1. The van der Waals surface area contributed by atoms with Crippen LogP contribution in [0.25, 0.3) is 0 Å². The second-order valence-electron chi connectivity index (χ2n) is 6.08. The number of carbonyl (C=O) groups excluding carboxylic acids is 2. The largest absolute Gasteiger partial charge is 0.454 e. The second kappa shape index (κ2) is 7.29. The summed E-state index contributed by atoms with van der Waals surface area (Å²) in [5.74, 6) is 1.23. The van der Waals surface area contributed by atoms with Crippen molar-refractivity contribution in [1.29, 1.82) is 0 Å². The first kappa shape index (κ1) is 16.8. The highest BCUT2D eigenvalue weighted by Gasteiger charge is 2.28. The summed E-state index contributed by atoms with van der Waals surface area (Å²) in [6.07, 6.45) is 0.848. The summed E-state index contributed by atoms with van der Waals surface area (Å²) < 4.78 is 10.6. The Balaban J connectivity index is 1.27. The zero-order valence-electron chi connectivity index (χ0n) is 14.0. The van der Waals surface area contributed by atoms with Crippen molar-refractivity contribution >= 4 is 29.3 Å². The molecule has 7 heteroatoms. The highest BCUT2D eigenvalue weighted by molar-refractivity contribution is 8.01. The number of hydrogen-bond acceptors (Lipinski definition) is 5. The Labute approximate surface area is 155 Å². The van der Waals surface area contributed by atoms with E-state index in [9.17, 15) is 9.59 Å². The minimum atomic E-state index is -0.407. The number of hydrogen-bond donors (Lipinski definition) is 2. The van der Waals surface area contributed by atoms with Crippen LogP contribution in [-0.4, -0.2) is 30.4 Å². The molecule has 2 aliphatic rings. The van der Waals surface area contributed by atoms with Crippen molar-refractivity contribution in [3.8, 4) is 11.5 Å². The van der Waals surface area contributed by atoms with Crippen LogP contribution in [0.3, 0.4) is 0 Å². The van der Waals surface area contributed by atoms with E-state index in [4.69, 9.17) is 9.47 Å². The van der Waals surface area contributed by atoms with Crippen LogP contribution in [0.1, 0.15) is 12.0 Å². The van der Waals surface area contributed by atoms with Gasteiger partial charge in [0, 0.05) is 17.9 Å². The third-order valence-electron chi connectivity index (χ3n) is 4.25. The van der Waals surface area contributed by atoms with E-state index >= 15 is 0 Å². The number of nitrogens with one attached hydrogen (secondary N) is 2. The SMILES string of the molecule is O=C(C[C@@H]1Sc2ccccc2NC1=O)NCCc1ccc2c(c1)OCO2. The van der Waals surface area contributed by atoms with Gasteiger partial charge in [0.25, 0.3) is 0 Å². The molecule has 0 saturated heterocycles. The number of thioether (sulfide) groups is 1.